The van der Waals surface area contributed by atoms with Crippen molar-refractivity contribution in [1.82, 2.24) is 5.32 Å². The summed E-state index contributed by atoms with van der Waals surface area (Å²) in [6.45, 7) is 0.315. The zero-order valence-electron chi connectivity index (χ0n) is 14.1. The van der Waals surface area contributed by atoms with Gasteiger partial charge in [-0.15, -0.1) is 0 Å². The van der Waals surface area contributed by atoms with Crippen LogP contribution in [0.3, 0.4) is 0 Å². The van der Waals surface area contributed by atoms with Gasteiger partial charge in [0.2, 0.25) is 5.91 Å². The maximum Gasteiger partial charge on any atom is 0.228 e. The molecule has 1 aromatic heterocycles. The fourth-order valence-electron chi connectivity index (χ4n) is 2.83. The van der Waals surface area contributed by atoms with Crippen LogP contribution in [0.5, 0.6) is 0 Å². The summed E-state index contributed by atoms with van der Waals surface area (Å²) in [4.78, 5) is 12.7. The van der Waals surface area contributed by atoms with E-state index < -0.39 is 5.92 Å². The van der Waals surface area contributed by atoms with Gasteiger partial charge >= 0.3 is 0 Å². The van der Waals surface area contributed by atoms with Crippen molar-refractivity contribution in [2.75, 3.05) is 6.54 Å². The first-order valence-electron chi connectivity index (χ1n) is 8.42. The minimum absolute atomic E-state index is 0.204. The van der Waals surface area contributed by atoms with Crippen molar-refractivity contribution in [1.29, 1.82) is 0 Å². The highest BCUT2D eigenvalue weighted by atomic mass is 19.1. The zero-order valence-corrected chi connectivity index (χ0v) is 14.1. The summed E-state index contributed by atoms with van der Waals surface area (Å²) in [6.07, 6.45) is 2.31. The standard InChI is InChI=1S/C21H19F2NO2/c22-17-9-7-15(8-10-17)19(14-18-5-3-13-26-18)21(25)24-12-11-16-4-1-2-6-20(16)23/h1-10,13,19H,11-12,14H2,(H,24,25). The van der Waals surface area contributed by atoms with E-state index in [1.807, 2.05) is 0 Å². The molecule has 26 heavy (non-hydrogen) atoms. The second kappa shape index (κ2) is 8.43. The molecule has 5 heteroatoms. The molecule has 1 unspecified atom stereocenters. The zero-order chi connectivity index (χ0) is 18.4. The second-order valence-electron chi connectivity index (χ2n) is 6.02. The minimum Gasteiger partial charge on any atom is -0.469 e. The largest absolute Gasteiger partial charge is 0.469 e. The van der Waals surface area contributed by atoms with Crippen LogP contribution in [0.1, 0.15) is 22.8 Å². The number of nitrogens with one attached hydrogen (secondary N) is 1. The number of hydrogen-bond acceptors (Lipinski definition) is 2. The van der Waals surface area contributed by atoms with Crippen molar-refractivity contribution in [2.45, 2.75) is 18.8 Å². The van der Waals surface area contributed by atoms with Gasteiger partial charge in [-0.25, -0.2) is 8.78 Å². The minimum atomic E-state index is -0.512. The fraction of sp³-hybridized carbons (Fsp3) is 0.190. The highest BCUT2D eigenvalue weighted by Crippen LogP contribution is 2.22. The van der Waals surface area contributed by atoms with Crippen molar-refractivity contribution in [3.8, 4) is 0 Å². The molecule has 3 nitrogen and oxygen atoms in total. The number of carbonyl (C=O) groups excluding carboxylic acids is 1. The lowest BCUT2D eigenvalue weighted by molar-refractivity contribution is -0.122. The van der Waals surface area contributed by atoms with Crippen LogP contribution in [-0.4, -0.2) is 12.5 Å². The summed E-state index contributed by atoms with van der Waals surface area (Å²) >= 11 is 0. The molecule has 1 N–H and O–H groups in total. The molecule has 2 aromatic carbocycles. The topological polar surface area (TPSA) is 42.2 Å². The molecule has 3 rings (SSSR count). The number of rotatable bonds is 7. The number of hydrogen-bond donors (Lipinski definition) is 1. The Balaban J connectivity index is 1.68. The first-order chi connectivity index (χ1) is 12.6. The number of benzene rings is 2. The third kappa shape index (κ3) is 4.57. The van der Waals surface area contributed by atoms with Crippen molar-refractivity contribution in [3.63, 3.8) is 0 Å². The van der Waals surface area contributed by atoms with Crippen LogP contribution in [0.25, 0.3) is 0 Å². The monoisotopic (exact) mass is 355 g/mol. The summed E-state index contributed by atoms with van der Waals surface area (Å²) in [5, 5.41) is 2.84. The molecule has 1 atom stereocenters. The average molecular weight is 355 g/mol. The van der Waals surface area contributed by atoms with E-state index in [1.54, 1.807) is 48.7 Å². The molecule has 134 valence electrons. The van der Waals surface area contributed by atoms with E-state index in [1.165, 1.54) is 18.2 Å². The Morgan fingerprint density at radius 2 is 1.77 bits per heavy atom. The maximum atomic E-state index is 13.7. The molecule has 0 fully saturated rings. The molecule has 0 aliphatic rings. The molecule has 0 aliphatic carbocycles. The van der Waals surface area contributed by atoms with E-state index in [-0.39, 0.29) is 17.5 Å². The van der Waals surface area contributed by atoms with Crippen LogP contribution >= 0.6 is 0 Å². The summed E-state index contributed by atoms with van der Waals surface area (Å²) < 4.78 is 32.2. The van der Waals surface area contributed by atoms with Crippen molar-refractivity contribution in [3.05, 3.63) is 95.4 Å². The van der Waals surface area contributed by atoms with Crippen LogP contribution in [0, 0.1) is 11.6 Å². The molecular formula is C21H19F2NO2. The third-order valence-corrected chi connectivity index (χ3v) is 4.23. The Kier molecular flexibility index (Phi) is 5.79. The molecular weight excluding hydrogens is 336 g/mol. The summed E-state index contributed by atoms with van der Waals surface area (Å²) in [6, 6.07) is 15.9. The predicted octanol–water partition coefficient (Wildman–Crippen LogP) is 4.24. The van der Waals surface area contributed by atoms with Crippen LogP contribution in [0.15, 0.2) is 71.3 Å². The lowest BCUT2D eigenvalue weighted by atomic mass is 9.93. The lowest BCUT2D eigenvalue weighted by Crippen LogP contribution is -2.32. The third-order valence-electron chi connectivity index (χ3n) is 4.23. The fourth-order valence-corrected chi connectivity index (χ4v) is 2.83. The smallest absolute Gasteiger partial charge is 0.228 e. The molecule has 0 radical (unpaired) electrons. The Labute approximate surface area is 150 Å². The number of carbonyl (C=O) groups is 1. The Morgan fingerprint density at radius 3 is 2.46 bits per heavy atom. The van der Waals surface area contributed by atoms with E-state index in [9.17, 15) is 13.6 Å². The molecule has 1 heterocycles. The van der Waals surface area contributed by atoms with Gasteiger partial charge in [0, 0.05) is 13.0 Å². The van der Waals surface area contributed by atoms with Crippen LogP contribution in [0.2, 0.25) is 0 Å². The van der Waals surface area contributed by atoms with Crippen molar-refractivity contribution in [2.24, 2.45) is 0 Å². The first-order valence-corrected chi connectivity index (χ1v) is 8.42. The molecule has 0 bridgehead atoms. The number of furan rings is 1. The van der Waals surface area contributed by atoms with E-state index in [0.717, 1.165) is 0 Å². The number of amides is 1. The van der Waals surface area contributed by atoms with Gasteiger partial charge in [0.25, 0.3) is 0 Å². The highest BCUT2D eigenvalue weighted by Gasteiger charge is 2.22. The van der Waals surface area contributed by atoms with E-state index >= 15 is 0 Å². The van der Waals surface area contributed by atoms with Gasteiger partial charge in [0.15, 0.2) is 0 Å². The summed E-state index contributed by atoms with van der Waals surface area (Å²) in [5.41, 5.74) is 1.25. The quantitative estimate of drug-likeness (QED) is 0.689. The van der Waals surface area contributed by atoms with E-state index in [2.05, 4.69) is 5.32 Å². The first kappa shape index (κ1) is 17.9. The molecule has 0 spiro atoms. The molecule has 1 amide bonds. The van der Waals surface area contributed by atoms with Crippen LogP contribution < -0.4 is 5.32 Å². The van der Waals surface area contributed by atoms with Gasteiger partial charge in [0.05, 0.1) is 12.2 Å². The molecule has 0 aliphatic heterocycles. The van der Waals surface area contributed by atoms with Crippen LogP contribution in [-0.2, 0) is 17.6 Å². The van der Waals surface area contributed by atoms with Gasteiger partial charge in [-0.05, 0) is 47.9 Å². The molecule has 3 aromatic rings. The number of halogens is 2. The highest BCUT2D eigenvalue weighted by molar-refractivity contribution is 5.83. The van der Waals surface area contributed by atoms with Gasteiger partial charge in [-0.1, -0.05) is 30.3 Å². The predicted molar refractivity (Wildman–Crippen MR) is 94.7 cm³/mol. The van der Waals surface area contributed by atoms with Gasteiger partial charge in [-0.2, -0.15) is 0 Å². The van der Waals surface area contributed by atoms with Gasteiger partial charge < -0.3 is 9.73 Å². The van der Waals surface area contributed by atoms with Crippen molar-refractivity contribution >= 4 is 5.91 Å². The van der Waals surface area contributed by atoms with Gasteiger partial charge in [0.1, 0.15) is 17.4 Å². The van der Waals surface area contributed by atoms with E-state index in [4.69, 9.17) is 4.42 Å². The van der Waals surface area contributed by atoms with E-state index in [0.29, 0.717) is 36.3 Å². The van der Waals surface area contributed by atoms with Gasteiger partial charge in [-0.3, -0.25) is 4.79 Å². The molecule has 0 saturated heterocycles. The average Bonchev–Trinajstić information content (AvgIpc) is 3.15. The second-order valence-corrected chi connectivity index (χ2v) is 6.02. The Hall–Kier alpha value is -2.95. The molecule has 0 saturated carbocycles. The lowest BCUT2D eigenvalue weighted by Gasteiger charge is -2.16. The summed E-state index contributed by atoms with van der Waals surface area (Å²) in [7, 11) is 0. The normalized spacial score (nSPS) is 11.9. The maximum absolute atomic E-state index is 13.7. The SMILES string of the molecule is O=C(NCCc1ccccc1F)C(Cc1ccco1)c1ccc(F)cc1. The van der Waals surface area contributed by atoms with Crippen molar-refractivity contribution < 1.29 is 18.0 Å². The summed E-state index contributed by atoms with van der Waals surface area (Å²) in [5.74, 6) is -0.687. The van der Waals surface area contributed by atoms with Crippen LogP contribution in [0.4, 0.5) is 8.78 Å². The Morgan fingerprint density at radius 1 is 1.00 bits per heavy atom. The Bertz CT molecular complexity index is 845.